The molecule has 3 fully saturated rings. The number of nitrogens with zero attached hydrogens (tertiary/aromatic N) is 2. The summed E-state index contributed by atoms with van der Waals surface area (Å²) in [6.07, 6.45) is 0.471. The summed E-state index contributed by atoms with van der Waals surface area (Å²) in [6.45, 7) is 1.52. The molecule has 33 heavy (non-hydrogen) atoms. The summed E-state index contributed by atoms with van der Waals surface area (Å²) in [5, 5.41) is 3.62. The lowest BCUT2D eigenvalue weighted by molar-refractivity contribution is -0.135. The Bertz CT molecular complexity index is 1130. The van der Waals surface area contributed by atoms with Gasteiger partial charge >= 0.3 is 0 Å². The Balaban J connectivity index is 1.22. The topological polar surface area (TPSA) is 52.7 Å². The maximum atomic E-state index is 12.8. The zero-order chi connectivity index (χ0) is 22.9. The van der Waals surface area contributed by atoms with Gasteiger partial charge in [0.25, 0.3) is 5.91 Å². The lowest BCUT2D eigenvalue weighted by atomic mass is 9.74. The summed E-state index contributed by atoms with van der Waals surface area (Å²) in [5.74, 6) is 0.667. The number of hydrogen-bond acceptors (Lipinski definition) is 3. The minimum atomic E-state index is 0.0113. The predicted molar refractivity (Wildman–Crippen MR) is 130 cm³/mol. The highest BCUT2D eigenvalue weighted by atomic mass is 16.2. The van der Waals surface area contributed by atoms with Crippen molar-refractivity contribution in [2.75, 3.05) is 27.2 Å². The fourth-order valence-electron chi connectivity index (χ4n) is 5.04. The Morgan fingerprint density at radius 3 is 2.00 bits per heavy atom. The quantitative estimate of drug-likeness (QED) is 0.661. The van der Waals surface area contributed by atoms with Crippen LogP contribution < -0.4 is 5.32 Å². The molecule has 5 nitrogen and oxygen atoms in total. The van der Waals surface area contributed by atoms with Crippen LogP contribution in [0.15, 0.2) is 78.9 Å². The van der Waals surface area contributed by atoms with Crippen molar-refractivity contribution in [2.24, 2.45) is 0 Å². The molecule has 3 aliphatic heterocycles. The van der Waals surface area contributed by atoms with Gasteiger partial charge in [0.1, 0.15) is 0 Å². The van der Waals surface area contributed by atoms with Gasteiger partial charge in [-0.05, 0) is 34.4 Å². The van der Waals surface area contributed by atoms with Crippen molar-refractivity contribution in [3.05, 3.63) is 95.6 Å². The van der Waals surface area contributed by atoms with Crippen molar-refractivity contribution < 1.29 is 9.59 Å². The zero-order valence-corrected chi connectivity index (χ0v) is 19.1. The van der Waals surface area contributed by atoms with Crippen molar-refractivity contribution in [2.45, 2.75) is 24.4 Å². The molecule has 2 amide bonds. The molecule has 3 atom stereocenters. The summed E-state index contributed by atoms with van der Waals surface area (Å²) in [5.41, 5.74) is 5.32. The summed E-state index contributed by atoms with van der Waals surface area (Å²) < 4.78 is 0. The lowest BCUT2D eigenvalue weighted by Crippen LogP contribution is -2.72. The monoisotopic (exact) mass is 439 g/mol. The second-order valence-corrected chi connectivity index (χ2v) is 9.27. The number of benzene rings is 3. The number of piperidine rings is 1. The van der Waals surface area contributed by atoms with Crippen molar-refractivity contribution in [1.29, 1.82) is 0 Å². The van der Waals surface area contributed by atoms with Crippen molar-refractivity contribution in [3.8, 4) is 11.1 Å². The van der Waals surface area contributed by atoms with Gasteiger partial charge in [-0.1, -0.05) is 66.7 Å². The van der Waals surface area contributed by atoms with Crippen LogP contribution in [0.4, 0.5) is 0 Å². The molecule has 0 aliphatic carbocycles. The van der Waals surface area contributed by atoms with E-state index in [1.807, 2.05) is 59.5 Å². The maximum Gasteiger partial charge on any atom is 0.253 e. The third-order valence-corrected chi connectivity index (χ3v) is 6.85. The molecule has 3 saturated heterocycles. The Morgan fingerprint density at radius 1 is 0.848 bits per heavy atom. The van der Waals surface area contributed by atoms with E-state index >= 15 is 0 Å². The molecule has 2 bridgehead atoms. The van der Waals surface area contributed by atoms with Crippen LogP contribution >= 0.6 is 0 Å². The molecule has 3 aromatic carbocycles. The number of carbonyl (C=O) groups excluding carboxylic acids is 2. The van der Waals surface area contributed by atoms with Crippen molar-refractivity contribution in [1.82, 2.24) is 15.1 Å². The first-order valence-electron chi connectivity index (χ1n) is 11.5. The minimum absolute atomic E-state index is 0.0113. The Hall–Kier alpha value is -3.44. The van der Waals surface area contributed by atoms with Crippen LogP contribution in [0.2, 0.25) is 0 Å². The van der Waals surface area contributed by atoms with Crippen LogP contribution in [-0.2, 0) is 11.2 Å². The molecule has 0 spiro atoms. The first kappa shape index (κ1) is 21.4. The SMILES string of the molecule is CN(C)C(=O)c1ccc(-c2ccc(C3[C@@H]4CN(C(=O)Cc5ccccc5)C[C@H]3N4)cc2)cc1. The fourth-order valence-corrected chi connectivity index (χ4v) is 5.04. The van der Waals surface area contributed by atoms with Gasteiger partial charge in [0.15, 0.2) is 0 Å². The molecule has 1 unspecified atom stereocenters. The van der Waals surface area contributed by atoms with E-state index in [0.29, 0.717) is 30.0 Å². The molecule has 168 valence electrons. The number of amides is 2. The van der Waals surface area contributed by atoms with Gasteiger partial charge in [-0.3, -0.25) is 9.59 Å². The van der Waals surface area contributed by atoms with Crippen LogP contribution in [0, 0.1) is 0 Å². The molecule has 0 radical (unpaired) electrons. The standard InChI is InChI=1S/C28H29N3O2/c1-30(2)28(33)23-14-10-21(11-15-23)20-8-12-22(13-9-20)27-24-17-31(18-25(27)29-24)26(32)16-19-6-4-3-5-7-19/h3-15,24-25,27,29H,16-18H2,1-2H3/t24-,25+,27?. The maximum absolute atomic E-state index is 12.8. The summed E-state index contributed by atoms with van der Waals surface area (Å²) >= 11 is 0. The Kier molecular flexibility index (Phi) is 5.73. The minimum Gasteiger partial charge on any atom is -0.345 e. The second-order valence-electron chi connectivity index (χ2n) is 9.27. The number of carbonyl (C=O) groups is 2. The molecular formula is C28H29N3O2. The third-order valence-electron chi connectivity index (χ3n) is 6.85. The van der Waals surface area contributed by atoms with Crippen LogP contribution in [0.1, 0.15) is 27.4 Å². The van der Waals surface area contributed by atoms with Crippen LogP contribution in [0.5, 0.6) is 0 Å². The number of fused-ring (bicyclic) bond motifs is 2. The molecule has 3 aromatic rings. The number of hydrogen-bond donors (Lipinski definition) is 1. The highest BCUT2D eigenvalue weighted by molar-refractivity contribution is 5.94. The van der Waals surface area contributed by atoms with Gasteiger partial charge in [-0.15, -0.1) is 0 Å². The van der Waals surface area contributed by atoms with E-state index in [9.17, 15) is 9.59 Å². The molecule has 3 heterocycles. The number of rotatable bonds is 5. The van der Waals surface area contributed by atoms with E-state index in [0.717, 1.165) is 29.8 Å². The number of nitrogens with one attached hydrogen (secondary N) is 1. The zero-order valence-electron chi connectivity index (χ0n) is 19.1. The molecule has 3 aliphatic rings. The van der Waals surface area contributed by atoms with Crippen LogP contribution in [0.3, 0.4) is 0 Å². The average molecular weight is 440 g/mol. The number of piperazine rings is 1. The molecule has 1 N–H and O–H groups in total. The largest absolute Gasteiger partial charge is 0.345 e. The fraction of sp³-hybridized carbons (Fsp3) is 0.286. The van der Waals surface area contributed by atoms with E-state index in [1.165, 1.54) is 5.56 Å². The smallest absolute Gasteiger partial charge is 0.253 e. The molecular weight excluding hydrogens is 410 g/mol. The van der Waals surface area contributed by atoms with E-state index < -0.39 is 0 Å². The van der Waals surface area contributed by atoms with E-state index in [2.05, 4.69) is 29.6 Å². The molecule has 0 aromatic heterocycles. The van der Waals surface area contributed by atoms with E-state index in [-0.39, 0.29) is 11.8 Å². The first-order valence-corrected chi connectivity index (χ1v) is 11.5. The highest BCUT2D eigenvalue weighted by Crippen LogP contribution is 2.37. The lowest BCUT2D eigenvalue weighted by Gasteiger charge is -2.55. The van der Waals surface area contributed by atoms with Gasteiger partial charge in [0.2, 0.25) is 5.91 Å². The Labute approximate surface area is 195 Å². The van der Waals surface area contributed by atoms with Crippen molar-refractivity contribution in [3.63, 3.8) is 0 Å². The first-order chi connectivity index (χ1) is 16.0. The predicted octanol–water partition coefficient (Wildman–Crippen LogP) is 3.56. The normalized spacial score (nSPS) is 21.3. The van der Waals surface area contributed by atoms with Crippen LogP contribution in [-0.4, -0.2) is 60.9 Å². The summed E-state index contributed by atoms with van der Waals surface area (Å²) in [7, 11) is 3.52. The van der Waals surface area contributed by atoms with Crippen LogP contribution in [0.25, 0.3) is 11.1 Å². The summed E-state index contributed by atoms with van der Waals surface area (Å²) in [6, 6.07) is 27.1. The van der Waals surface area contributed by atoms with Gasteiger partial charge in [-0.25, -0.2) is 0 Å². The van der Waals surface area contributed by atoms with Gasteiger partial charge in [0.05, 0.1) is 6.42 Å². The van der Waals surface area contributed by atoms with Gasteiger partial charge in [-0.2, -0.15) is 0 Å². The van der Waals surface area contributed by atoms with E-state index in [1.54, 1.807) is 19.0 Å². The highest BCUT2D eigenvalue weighted by Gasteiger charge is 2.47. The van der Waals surface area contributed by atoms with Gasteiger partial charge in [0, 0.05) is 50.7 Å². The van der Waals surface area contributed by atoms with Crippen molar-refractivity contribution >= 4 is 11.8 Å². The third kappa shape index (κ3) is 4.29. The summed E-state index contributed by atoms with van der Waals surface area (Å²) in [4.78, 5) is 28.5. The van der Waals surface area contributed by atoms with E-state index in [4.69, 9.17) is 0 Å². The second kappa shape index (κ2) is 8.83. The molecule has 0 saturated carbocycles. The molecule has 6 rings (SSSR count). The average Bonchev–Trinajstić information content (AvgIpc) is 2.85. The Morgan fingerprint density at radius 2 is 1.42 bits per heavy atom. The van der Waals surface area contributed by atoms with Gasteiger partial charge < -0.3 is 15.1 Å². The molecule has 5 heteroatoms.